The Labute approximate surface area is 193 Å². The van der Waals surface area contributed by atoms with Crippen LogP contribution in [-0.4, -0.2) is 33.7 Å². The van der Waals surface area contributed by atoms with Crippen molar-refractivity contribution < 1.29 is 9.59 Å². The Balaban J connectivity index is 1.75. The average molecular weight is 458 g/mol. The molecule has 2 aromatic rings. The van der Waals surface area contributed by atoms with Gasteiger partial charge in [0.05, 0.1) is 5.69 Å². The van der Waals surface area contributed by atoms with E-state index in [0.29, 0.717) is 28.1 Å². The van der Waals surface area contributed by atoms with Gasteiger partial charge in [-0.05, 0) is 36.8 Å². The molecule has 1 aliphatic heterocycles. The smallest absolute Gasteiger partial charge is 0.238 e. The lowest BCUT2D eigenvalue weighted by atomic mass is 10.1. The number of amidine groups is 1. The van der Waals surface area contributed by atoms with Gasteiger partial charge < -0.3 is 5.32 Å². The molecular weight excluding hydrogens is 430 g/mol. The normalized spacial score (nSPS) is 17.7. The zero-order chi connectivity index (χ0) is 22.1. The van der Waals surface area contributed by atoms with E-state index in [4.69, 9.17) is 11.6 Å². The number of hydrogen-bond donors (Lipinski definition) is 1. The highest BCUT2D eigenvalue weighted by Crippen LogP contribution is 2.31. The van der Waals surface area contributed by atoms with Crippen LogP contribution in [0, 0.1) is 0 Å². The van der Waals surface area contributed by atoms with Crippen molar-refractivity contribution in [3.8, 4) is 0 Å². The fourth-order valence-corrected chi connectivity index (χ4v) is 4.64. The number of nitrogens with one attached hydrogen (secondary N) is 1. The molecule has 7 heteroatoms. The first-order chi connectivity index (χ1) is 15.1. The van der Waals surface area contributed by atoms with E-state index in [2.05, 4.69) is 17.2 Å². The van der Waals surface area contributed by atoms with E-state index >= 15 is 0 Å². The number of nitrogens with zero attached hydrogens (tertiary/aromatic N) is 2. The van der Waals surface area contributed by atoms with E-state index in [1.165, 1.54) is 24.6 Å². The monoisotopic (exact) mass is 457 g/mol. The summed E-state index contributed by atoms with van der Waals surface area (Å²) in [5.41, 5.74) is 1.38. The average Bonchev–Trinajstić information content (AvgIpc) is 2.75. The van der Waals surface area contributed by atoms with E-state index < -0.39 is 5.25 Å². The molecule has 1 N–H and O–H groups in total. The number of carbonyl (C=O) groups excluding carboxylic acids is 2. The second-order valence-corrected chi connectivity index (χ2v) is 9.11. The molecule has 1 saturated heterocycles. The molecule has 0 aliphatic carbocycles. The molecule has 1 heterocycles. The number of unbranched alkanes of at least 4 members (excludes halogenated alkanes) is 4. The zero-order valence-corrected chi connectivity index (χ0v) is 19.3. The number of carbonyl (C=O) groups is 2. The summed E-state index contributed by atoms with van der Waals surface area (Å²) in [6.45, 7) is 2.79. The molecule has 31 heavy (non-hydrogen) atoms. The van der Waals surface area contributed by atoms with Gasteiger partial charge in [0.15, 0.2) is 5.17 Å². The van der Waals surface area contributed by atoms with Crippen molar-refractivity contribution in [3.05, 3.63) is 59.6 Å². The third-order valence-electron chi connectivity index (χ3n) is 4.99. The molecule has 0 saturated carbocycles. The standard InChI is InChI=1S/C24H28ClN3O2S/c1-2-3-4-5-9-15-28-22(29)17-21(23(30)26-19-12-7-6-8-13-19)31-24(28)27-20-14-10-11-18(25)16-20/h6-8,10-14,16,21H,2-5,9,15,17H2,1H3,(H,26,30). The van der Waals surface area contributed by atoms with Crippen molar-refractivity contribution in [2.24, 2.45) is 4.99 Å². The number of benzene rings is 2. The van der Waals surface area contributed by atoms with E-state index in [-0.39, 0.29) is 18.2 Å². The van der Waals surface area contributed by atoms with Crippen LogP contribution in [0.15, 0.2) is 59.6 Å². The highest BCUT2D eigenvalue weighted by Gasteiger charge is 2.35. The predicted octanol–water partition coefficient (Wildman–Crippen LogP) is 6.27. The number of para-hydroxylation sites is 1. The van der Waals surface area contributed by atoms with E-state index in [0.717, 1.165) is 19.3 Å². The van der Waals surface area contributed by atoms with Crippen molar-refractivity contribution in [3.63, 3.8) is 0 Å². The Morgan fingerprint density at radius 1 is 1.13 bits per heavy atom. The maximum absolute atomic E-state index is 13.0. The molecule has 1 aliphatic rings. The number of hydrogen-bond acceptors (Lipinski definition) is 4. The lowest BCUT2D eigenvalue weighted by Gasteiger charge is -2.32. The molecule has 5 nitrogen and oxygen atoms in total. The summed E-state index contributed by atoms with van der Waals surface area (Å²) in [6.07, 6.45) is 5.69. The highest BCUT2D eigenvalue weighted by molar-refractivity contribution is 8.15. The van der Waals surface area contributed by atoms with Crippen molar-refractivity contribution in [2.75, 3.05) is 11.9 Å². The first kappa shape index (κ1) is 23.4. The Bertz CT molecular complexity index is 920. The fraction of sp³-hybridized carbons (Fsp3) is 0.375. The van der Waals surface area contributed by atoms with Gasteiger partial charge in [0.2, 0.25) is 11.8 Å². The van der Waals surface area contributed by atoms with E-state index in [1.807, 2.05) is 42.5 Å². The molecule has 0 bridgehead atoms. The first-order valence-electron chi connectivity index (χ1n) is 10.7. The fourth-order valence-electron chi connectivity index (χ4n) is 3.34. The Morgan fingerprint density at radius 2 is 1.90 bits per heavy atom. The third kappa shape index (κ3) is 7.11. The summed E-state index contributed by atoms with van der Waals surface area (Å²) < 4.78 is 0. The van der Waals surface area contributed by atoms with Crippen LogP contribution in [-0.2, 0) is 9.59 Å². The molecule has 1 fully saturated rings. The van der Waals surface area contributed by atoms with Crippen molar-refractivity contribution in [1.82, 2.24) is 4.90 Å². The van der Waals surface area contributed by atoms with Crippen molar-refractivity contribution in [1.29, 1.82) is 0 Å². The number of amides is 2. The van der Waals surface area contributed by atoms with Crippen molar-refractivity contribution in [2.45, 2.75) is 50.7 Å². The predicted molar refractivity (Wildman–Crippen MR) is 130 cm³/mol. The summed E-state index contributed by atoms with van der Waals surface area (Å²) in [4.78, 5) is 32.2. The highest BCUT2D eigenvalue weighted by atomic mass is 35.5. The van der Waals surface area contributed by atoms with Crippen LogP contribution in [0.4, 0.5) is 11.4 Å². The lowest BCUT2D eigenvalue weighted by molar-refractivity contribution is -0.129. The number of anilines is 1. The van der Waals surface area contributed by atoms with Crippen LogP contribution < -0.4 is 5.32 Å². The second-order valence-electron chi connectivity index (χ2n) is 7.50. The summed E-state index contributed by atoms with van der Waals surface area (Å²) in [5.74, 6) is -0.255. The summed E-state index contributed by atoms with van der Waals surface area (Å²) >= 11 is 7.45. The molecule has 3 rings (SSSR count). The molecule has 2 aromatic carbocycles. The minimum atomic E-state index is -0.526. The second kappa shape index (κ2) is 11.9. The number of aliphatic imine (C=N–C) groups is 1. The van der Waals surface area contributed by atoms with E-state index in [9.17, 15) is 9.59 Å². The molecule has 0 spiro atoms. The summed E-state index contributed by atoms with van der Waals surface area (Å²) in [7, 11) is 0. The number of rotatable bonds is 9. The maximum Gasteiger partial charge on any atom is 0.238 e. The minimum absolute atomic E-state index is 0.0665. The van der Waals surface area contributed by atoms with Crippen LogP contribution in [0.25, 0.3) is 0 Å². The van der Waals surface area contributed by atoms with Crippen molar-refractivity contribution >= 4 is 51.7 Å². The van der Waals surface area contributed by atoms with Crippen LogP contribution >= 0.6 is 23.4 Å². The quantitative estimate of drug-likeness (QED) is 0.451. The third-order valence-corrected chi connectivity index (χ3v) is 6.41. The Hall–Kier alpha value is -2.31. The number of thioether (sulfide) groups is 1. The molecule has 1 unspecified atom stereocenters. The van der Waals surface area contributed by atoms with Gasteiger partial charge in [-0.25, -0.2) is 4.99 Å². The minimum Gasteiger partial charge on any atom is -0.325 e. The Morgan fingerprint density at radius 3 is 2.65 bits per heavy atom. The van der Waals surface area contributed by atoms with Gasteiger partial charge in [-0.15, -0.1) is 0 Å². The molecule has 2 amide bonds. The molecule has 1 atom stereocenters. The zero-order valence-electron chi connectivity index (χ0n) is 17.7. The first-order valence-corrected chi connectivity index (χ1v) is 12.0. The van der Waals surface area contributed by atoms with Gasteiger partial charge >= 0.3 is 0 Å². The molecular formula is C24H28ClN3O2S. The van der Waals surface area contributed by atoms with Gasteiger partial charge in [-0.2, -0.15) is 0 Å². The van der Waals surface area contributed by atoms with E-state index in [1.54, 1.807) is 17.0 Å². The van der Waals surface area contributed by atoms with Gasteiger partial charge in [-0.1, -0.05) is 80.2 Å². The van der Waals surface area contributed by atoms with Gasteiger partial charge in [0.25, 0.3) is 0 Å². The van der Waals surface area contributed by atoms with Crippen LogP contribution in [0.2, 0.25) is 5.02 Å². The van der Waals surface area contributed by atoms with Crippen LogP contribution in [0.3, 0.4) is 0 Å². The van der Waals surface area contributed by atoms with Gasteiger partial charge in [0, 0.05) is 23.7 Å². The maximum atomic E-state index is 13.0. The summed E-state index contributed by atoms with van der Waals surface area (Å²) in [5, 5.41) is 3.51. The Kier molecular flexibility index (Phi) is 8.98. The van der Waals surface area contributed by atoms with Crippen LogP contribution in [0.1, 0.15) is 45.4 Å². The van der Waals surface area contributed by atoms with Crippen LogP contribution in [0.5, 0.6) is 0 Å². The van der Waals surface area contributed by atoms with Gasteiger partial charge in [-0.3, -0.25) is 14.5 Å². The molecule has 164 valence electrons. The summed E-state index contributed by atoms with van der Waals surface area (Å²) in [6, 6.07) is 16.5. The number of halogens is 1. The molecule has 0 radical (unpaired) electrons. The molecule has 0 aromatic heterocycles. The lowest BCUT2D eigenvalue weighted by Crippen LogP contribution is -2.45. The topological polar surface area (TPSA) is 61.8 Å². The SMILES string of the molecule is CCCCCCCN1C(=O)CC(C(=O)Nc2ccccc2)SC1=Nc1cccc(Cl)c1. The largest absolute Gasteiger partial charge is 0.325 e. The van der Waals surface area contributed by atoms with Gasteiger partial charge in [0.1, 0.15) is 5.25 Å².